The van der Waals surface area contributed by atoms with Gasteiger partial charge in [0.2, 0.25) is 5.91 Å². The highest BCUT2D eigenvalue weighted by Gasteiger charge is 1.99. The van der Waals surface area contributed by atoms with Crippen molar-refractivity contribution in [1.29, 1.82) is 5.26 Å². The molecule has 0 unspecified atom stereocenters. The van der Waals surface area contributed by atoms with Crippen molar-refractivity contribution in [2.75, 3.05) is 5.32 Å². The topological polar surface area (TPSA) is 52.9 Å². The number of carbonyl (C=O) groups excluding carboxylic acids is 1. The second-order valence-corrected chi connectivity index (χ2v) is 5.35. The summed E-state index contributed by atoms with van der Waals surface area (Å²) in [5.41, 5.74) is 2.67. The molecular weight excluding hydrogens is 268 g/mol. The number of hydrogen-bond donors (Lipinski definition) is 1. The molecule has 0 spiro atoms. The summed E-state index contributed by atoms with van der Waals surface area (Å²) in [4.78, 5) is 12.1. The van der Waals surface area contributed by atoms with Gasteiger partial charge in [-0.05, 0) is 42.0 Å². The summed E-state index contributed by atoms with van der Waals surface area (Å²) >= 11 is 1.72. The Morgan fingerprint density at radius 3 is 2.35 bits per heavy atom. The average Bonchev–Trinajstić information content (AvgIpc) is 2.46. The van der Waals surface area contributed by atoms with Gasteiger partial charge in [0, 0.05) is 23.3 Å². The van der Waals surface area contributed by atoms with Gasteiger partial charge in [0.15, 0.2) is 0 Å². The molecule has 100 valence electrons. The summed E-state index contributed by atoms with van der Waals surface area (Å²) in [6.07, 6.45) is 0. The van der Waals surface area contributed by atoms with Crippen LogP contribution >= 0.6 is 11.8 Å². The van der Waals surface area contributed by atoms with E-state index >= 15 is 0 Å². The van der Waals surface area contributed by atoms with Crippen molar-refractivity contribution in [3.8, 4) is 6.07 Å². The van der Waals surface area contributed by atoms with Crippen LogP contribution in [-0.4, -0.2) is 5.91 Å². The molecule has 0 saturated heterocycles. The zero-order chi connectivity index (χ0) is 14.4. The molecule has 0 bridgehead atoms. The number of anilines is 1. The predicted molar refractivity (Wildman–Crippen MR) is 81.5 cm³/mol. The molecule has 1 N–H and O–H groups in total. The van der Waals surface area contributed by atoms with Gasteiger partial charge in [-0.25, -0.2) is 0 Å². The van der Waals surface area contributed by atoms with E-state index in [-0.39, 0.29) is 5.91 Å². The monoisotopic (exact) mass is 282 g/mol. The Bertz CT molecular complexity index is 627. The third-order valence-corrected chi connectivity index (χ3v) is 3.75. The van der Waals surface area contributed by atoms with E-state index < -0.39 is 0 Å². The van der Waals surface area contributed by atoms with E-state index in [0.29, 0.717) is 5.56 Å². The molecule has 0 aromatic heterocycles. The van der Waals surface area contributed by atoms with Crippen LogP contribution in [0.15, 0.2) is 53.4 Å². The largest absolute Gasteiger partial charge is 0.326 e. The summed E-state index contributed by atoms with van der Waals surface area (Å²) in [6, 6.07) is 17.5. The van der Waals surface area contributed by atoms with Gasteiger partial charge in [0.1, 0.15) is 0 Å². The van der Waals surface area contributed by atoms with Gasteiger partial charge in [0.25, 0.3) is 0 Å². The molecule has 1 amide bonds. The number of hydrogen-bond acceptors (Lipinski definition) is 3. The smallest absolute Gasteiger partial charge is 0.221 e. The quantitative estimate of drug-likeness (QED) is 0.868. The van der Waals surface area contributed by atoms with Gasteiger partial charge >= 0.3 is 0 Å². The summed E-state index contributed by atoms with van der Waals surface area (Å²) in [6.45, 7) is 1.49. The molecule has 0 aliphatic rings. The Kier molecular flexibility index (Phi) is 4.80. The number of nitrogens with one attached hydrogen (secondary N) is 1. The number of thioether (sulfide) groups is 1. The van der Waals surface area contributed by atoms with Gasteiger partial charge in [-0.15, -0.1) is 11.8 Å². The molecule has 0 saturated carbocycles. The molecule has 4 heteroatoms. The molecule has 3 nitrogen and oxygen atoms in total. The number of carbonyl (C=O) groups is 1. The zero-order valence-electron chi connectivity index (χ0n) is 11.1. The lowest BCUT2D eigenvalue weighted by Gasteiger charge is -2.05. The third-order valence-electron chi connectivity index (χ3n) is 2.66. The van der Waals surface area contributed by atoms with Crippen LogP contribution in [-0.2, 0) is 10.5 Å². The first-order chi connectivity index (χ1) is 9.67. The van der Waals surface area contributed by atoms with Crippen molar-refractivity contribution in [3.05, 3.63) is 59.7 Å². The zero-order valence-corrected chi connectivity index (χ0v) is 11.9. The molecule has 2 rings (SSSR count). The fourth-order valence-electron chi connectivity index (χ4n) is 1.68. The van der Waals surface area contributed by atoms with Crippen LogP contribution in [0.3, 0.4) is 0 Å². The number of amides is 1. The fraction of sp³-hybridized carbons (Fsp3) is 0.125. The first-order valence-corrected chi connectivity index (χ1v) is 7.15. The van der Waals surface area contributed by atoms with Crippen LogP contribution in [0.5, 0.6) is 0 Å². The minimum atomic E-state index is -0.0667. The van der Waals surface area contributed by atoms with E-state index in [2.05, 4.69) is 11.4 Å². The predicted octanol–water partition coefficient (Wildman–Crippen LogP) is 3.81. The first kappa shape index (κ1) is 14.2. The van der Waals surface area contributed by atoms with Gasteiger partial charge in [-0.2, -0.15) is 5.26 Å². The fourth-order valence-corrected chi connectivity index (χ4v) is 2.53. The van der Waals surface area contributed by atoms with Crippen LogP contribution in [0.2, 0.25) is 0 Å². The maximum Gasteiger partial charge on any atom is 0.221 e. The molecule has 0 fully saturated rings. The summed E-state index contributed by atoms with van der Waals surface area (Å²) in [5, 5.41) is 11.5. The van der Waals surface area contributed by atoms with Gasteiger partial charge in [0.05, 0.1) is 11.6 Å². The number of nitriles is 1. The van der Waals surface area contributed by atoms with Crippen LogP contribution in [0.25, 0.3) is 0 Å². The number of nitrogens with zero attached hydrogens (tertiary/aromatic N) is 1. The van der Waals surface area contributed by atoms with E-state index in [1.165, 1.54) is 12.5 Å². The van der Waals surface area contributed by atoms with Crippen LogP contribution < -0.4 is 5.32 Å². The molecule has 20 heavy (non-hydrogen) atoms. The maximum absolute atomic E-state index is 10.9. The van der Waals surface area contributed by atoms with E-state index in [0.717, 1.165) is 16.3 Å². The van der Waals surface area contributed by atoms with Gasteiger partial charge < -0.3 is 5.32 Å². The molecular formula is C16H14N2OS. The Labute approximate surface area is 122 Å². The molecule has 0 atom stereocenters. The number of benzene rings is 2. The lowest BCUT2D eigenvalue weighted by Crippen LogP contribution is -2.05. The Balaban J connectivity index is 1.93. The van der Waals surface area contributed by atoms with E-state index in [1.54, 1.807) is 11.8 Å². The maximum atomic E-state index is 10.9. The molecule has 0 heterocycles. The van der Waals surface area contributed by atoms with Crippen molar-refractivity contribution < 1.29 is 4.79 Å². The van der Waals surface area contributed by atoms with E-state index in [9.17, 15) is 4.79 Å². The second kappa shape index (κ2) is 6.78. The highest BCUT2D eigenvalue weighted by Crippen LogP contribution is 2.24. The van der Waals surface area contributed by atoms with Crippen LogP contribution in [0.1, 0.15) is 18.1 Å². The van der Waals surface area contributed by atoms with Crippen LogP contribution in [0, 0.1) is 11.3 Å². The lowest BCUT2D eigenvalue weighted by atomic mass is 10.2. The molecule has 0 aliphatic heterocycles. The van der Waals surface area contributed by atoms with Crippen molar-refractivity contribution >= 4 is 23.4 Å². The highest BCUT2D eigenvalue weighted by atomic mass is 32.2. The van der Waals surface area contributed by atoms with Gasteiger partial charge in [-0.1, -0.05) is 12.1 Å². The normalized spacial score (nSPS) is 9.80. The van der Waals surface area contributed by atoms with Gasteiger partial charge in [-0.3, -0.25) is 4.79 Å². The summed E-state index contributed by atoms with van der Waals surface area (Å²) in [7, 11) is 0. The minimum Gasteiger partial charge on any atom is -0.326 e. The van der Waals surface area contributed by atoms with Crippen molar-refractivity contribution in [1.82, 2.24) is 0 Å². The molecule has 0 aliphatic carbocycles. The molecule has 0 radical (unpaired) electrons. The average molecular weight is 282 g/mol. The summed E-state index contributed by atoms with van der Waals surface area (Å²) < 4.78 is 0. The first-order valence-electron chi connectivity index (χ1n) is 6.17. The molecule has 2 aromatic carbocycles. The van der Waals surface area contributed by atoms with Crippen molar-refractivity contribution in [2.24, 2.45) is 0 Å². The summed E-state index contributed by atoms with van der Waals surface area (Å²) in [5.74, 6) is 0.786. The third kappa shape index (κ3) is 4.15. The standard InChI is InChI=1S/C16H14N2OS/c1-12(19)18-15-6-8-16(9-7-15)20-11-14-4-2-13(10-17)3-5-14/h2-9H,11H2,1H3,(H,18,19). The van der Waals surface area contributed by atoms with E-state index in [4.69, 9.17) is 5.26 Å². The van der Waals surface area contributed by atoms with Crippen LogP contribution in [0.4, 0.5) is 5.69 Å². The highest BCUT2D eigenvalue weighted by molar-refractivity contribution is 7.98. The second-order valence-electron chi connectivity index (χ2n) is 4.30. The minimum absolute atomic E-state index is 0.0667. The Morgan fingerprint density at radius 2 is 1.80 bits per heavy atom. The number of rotatable bonds is 4. The Hall–Kier alpha value is -2.25. The van der Waals surface area contributed by atoms with Crippen molar-refractivity contribution in [3.63, 3.8) is 0 Å². The van der Waals surface area contributed by atoms with E-state index in [1.807, 2.05) is 48.5 Å². The Morgan fingerprint density at radius 1 is 1.15 bits per heavy atom. The lowest BCUT2D eigenvalue weighted by molar-refractivity contribution is -0.114. The molecule has 2 aromatic rings. The van der Waals surface area contributed by atoms with Crippen molar-refractivity contribution in [2.45, 2.75) is 17.6 Å². The SMILES string of the molecule is CC(=O)Nc1ccc(SCc2ccc(C#N)cc2)cc1.